The van der Waals surface area contributed by atoms with Gasteiger partial charge in [-0.05, 0) is 97.0 Å². The first kappa shape index (κ1) is 22.5. The van der Waals surface area contributed by atoms with Crippen LogP contribution in [0.2, 0.25) is 0 Å². The molecule has 2 aliphatic rings. The average molecular weight is 442 g/mol. The Labute approximate surface area is 200 Å². The van der Waals surface area contributed by atoms with E-state index in [1.807, 2.05) is 0 Å². The SMILES string of the molecule is c1ccc(CCCCCOc2ccc3cc(CN4CC[C@H]5CCCC[C@H]5C4)ccc3c2)cc1. The number of rotatable bonds is 9. The summed E-state index contributed by atoms with van der Waals surface area (Å²) in [7, 11) is 0. The third-order valence-electron chi connectivity index (χ3n) is 7.88. The highest BCUT2D eigenvalue weighted by Crippen LogP contribution is 2.36. The molecular weight excluding hydrogens is 402 g/mol. The van der Waals surface area contributed by atoms with Crippen molar-refractivity contribution >= 4 is 10.8 Å². The summed E-state index contributed by atoms with van der Waals surface area (Å²) >= 11 is 0. The minimum Gasteiger partial charge on any atom is -0.494 e. The molecule has 3 aromatic carbocycles. The molecule has 1 heterocycles. The van der Waals surface area contributed by atoms with E-state index in [1.165, 1.54) is 79.9 Å². The molecule has 1 saturated heterocycles. The van der Waals surface area contributed by atoms with E-state index in [0.717, 1.165) is 43.6 Å². The Bertz CT molecular complexity index is 1010. The average Bonchev–Trinajstić information content (AvgIpc) is 2.86. The second kappa shape index (κ2) is 11.2. The third-order valence-corrected chi connectivity index (χ3v) is 7.88. The standard InChI is InChI=1S/C31H39NO/c1-3-9-25(10-4-1)11-5-2-8-20-33-31-17-16-28-21-26(14-15-29(28)22-31)23-32-19-18-27-12-6-7-13-30(27)24-32/h1,3-4,9-10,14-17,21-22,27,30H,2,5-8,11-13,18-20,23-24H2/t27-,30+/m1/s1. The summed E-state index contributed by atoms with van der Waals surface area (Å²) in [4.78, 5) is 2.70. The maximum absolute atomic E-state index is 6.06. The molecule has 1 saturated carbocycles. The summed E-state index contributed by atoms with van der Waals surface area (Å²) in [5, 5.41) is 2.61. The van der Waals surface area contributed by atoms with Crippen LogP contribution in [0.25, 0.3) is 10.8 Å². The Morgan fingerprint density at radius 3 is 2.45 bits per heavy atom. The van der Waals surface area contributed by atoms with Gasteiger partial charge >= 0.3 is 0 Å². The van der Waals surface area contributed by atoms with Gasteiger partial charge in [-0.15, -0.1) is 0 Å². The zero-order chi connectivity index (χ0) is 22.3. The Morgan fingerprint density at radius 1 is 0.727 bits per heavy atom. The van der Waals surface area contributed by atoms with Crippen LogP contribution in [0.4, 0.5) is 0 Å². The van der Waals surface area contributed by atoms with Crippen molar-refractivity contribution in [1.82, 2.24) is 4.90 Å². The van der Waals surface area contributed by atoms with Gasteiger partial charge < -0.3 is 4.74 Å². The third kappa shape index (κ3) is 6.18. The molecule has 1 aliphatic heterocycles. The molecule has 5 rings (SSSR count). The maximum atomic E-state index is 6.06. The predicted octanol–water partition coefficient (Wildman–Crippen LogP) is 7.64. The first-order chi connectivity index (χ1) is 16.3. The van der Waals surface area contributed by atoms with Crippen LogP contribution in [0.1, 0.15) is 62.5 Å². The topological polar surface area (TPSA) is 12.5 Å². The van der Waals surface area contributed by atoms with Crippen molar-refractivity contribution in [2.24, 2.45) is 11.8 Å². The van der Waals surface area contributed by atoms with E-state index in [9.17, 15) is 0 Å². The van der Waals surface area contributed by atoms with Gasteiger partial charge in [-0.25, -0.2) is 0 Å². The highest BCUT2D eigenvalue weighted by atomic mass is 16.5. The van der Waals surface area contributed by atoms with E-state index < -0.39 is 0 Å². The number of likely N-dealkylation sites (tertiary alicyclic amines) is 1. The first-order valence-corrected chi connectivity index (χ1v) is 13.3. The number of nitrogens with zero attached hydrogens (tertiary/aromatic N) is 1. The van der Waals surface area contributed by atoms with E-state index in [-0.39, 0.29) is 0 Å². The van der Waals surface area contributed by atoms with Crippen molar-refractivity contribution in [2.75, 3.05) is 19.7 Å². The summed E-state index contributed by atoms with van der Waals surface area (Å²) in [6.07, 6.45) is 12.0. The Hall–Kier alpha value is -2.32. The lowest BCUT2D eigenvalue weighted by molar-refractivity contribution is 0.0821. The summed E-state index contributed by atoms with van der Waals surface area (Å²) < 4.78 is 6.06. The van der Waals surface area contributed by atoms with Crippen molar-refractivity contribution in [1.29, 1.82) is 0 Å². The minimum atomic E-state index is 0.801. The van der Waals surface area contributed by atoms with Gasteiger partial charge in [0.25, 0.3) is 0 Å². The van der Waals surface area contributed by atoms with Crippen LogP contribution in [-0.2, 0) is 13.0 Å². The molecule has 0 bridgehead atoms. The number of benzene rings is 3. The quantitative estimate of drug-likeness (QED) is 0.316. The number of hydrogen-bond acceptors (Lipinski definition) is 2. The Kier molecular flexibility index (Phi) is 7.63. The van der Waals surface area contributed by atoms with E-state index in [1.54, 1.807) is 0 Å². The molecular formula is C31H39NO. The molecule has 2 heteroatoms. The van der Waals surface area contributed by atoms with Gasteiger partial charge in [0.2, 0.25) is 0 Å². The predicted molar refractivity (Wildman–Crippen MR) is 139 cm³/mol. The molecule has 3 aromatic rings. The molecule has 0 spiro atoms. The summed E-state index contributed by atoms with van der Waals surface area (Å²) in [6, 6.07) is 24.3. The monoisotopic (exact) mass is 441 g/mol. The highest BCUT2D eigenvalue weighted by molar-refractivity contribution is 5.84. The molecule has 174 valence electrons. The Balaban J connectivity index is 1.08. The van der Waals surface area contributed by atoms with Crippen molar-refractivity contribution in [3.8, 4) is 5.75 Å². The van der Waals surface area contributed by atoms with Gasteiger partial charge in [0.15, 0.2) is 0 Å². The molecule has 0 radical (unpaired) electrons. The molecule has 2 nitrogen and oxygen atoms in total. The van der Waals surface area contributed by atoms with Crippen LogP contribution in [0.3, 0.4) is 0 Å². The van der Waals surface area contributed by atoms with Crippen LogP contribution in [0.15, 0.2) is 66.7 Å². The van der Waals surface area contributed by atoms with Crippen LogP contribution in [0.5, 0.6) is 5.75 Å². The Morgan fingerprint density at radius 2 is 1.55 bits per heavy atom. The number of aryl methyl sites for hydroxylation is 1. The van der Waals surface area contributed by atoms with E-state index in [0.29, 0.717) is 0 Å². The van der Waals surface area contributed by atoms with E-state index in [2.05, 4.69) is 71.6 Å². The van der Waals surface area contributed by atoms with Gasteiger partial charge in [0.1, 0.15) is 5.75 Å². The van der Waals surface area contributed by atoms with Crippen LogP contribution < -0.4 is 4.74 Å². The number of unbranched alkanes of at least 4 members (excludes halogenated alkanes) is 2. The number of piperidine rings is 1. The summed E-state index contributed by atoms with van der Waals surface area (Å²) in [5.74, 6) is 2.96. The van der Waals surface area contributed by atoms with Gasteiger partial charge in [-0.3, -0.25) is 4.90 Å². The summed E-state index contributed by atoms with van der Waals surface area (Å²) in [6.45, 7) is 4.48. The maximum Gasteiger partial charge on any atom is 0.119 e. The lowest BCUT2D eigenvalue weighted by Gasteiger charge is -2.41. The van der Waals surface area contributed by atoms with E-state index in [4.69, 9.17) is 4.74 Å². The number of fused-ring (bicyclic) bond motifs is 2. The first-order valence-electron chi connectivity index (χ1n) is 13.3. The smallest absolute Gasteiger partial charge is 0.119 e. The lowest BCUT2D eigenvalue weighted by Crippen LogP contribution is -2.41. The highest BCUT2D eigenvalue weighted by Gasteiger charge is 2.30. The minimum absolute atomic E-state index is 0.801. The van der Waals surface area contributed by atoms with Crippen LogP contribution in [0, 0.1) is 11.8 Å². The fourth-order valence-corrected chi connectivity index (χ4v) is 5.98. The van der Waals surface area contributed by atoms with Gasteiger partial charge in [0.05, 0.1) is 6.61 Å². The fraction of sp³-hybridized carbons (Fsp3) is 0.484. The van der Waals surface area contributed by atoms with Gasteiger partial charge in [-0.1, -0.05) is 67.8 Å². The molecule has 1 aliphatic carbocycles. The van der Waals surface area contributed by atoms with Crippen molar-refractivity contribution < 1.29 is 4.74 Å². The molecule has 0 amide bonds. The fourth-order valence-electron chi connectivity index (χ4n) is 5.98. The van der Waals surface area contributed by atoms with Crippen LogP contribution in [-0.4, -0.2) is 24.6 Å². The van der Waals surface area contributed by atoms with Gasteiger partial charge in [0, 0.05) is 13.1 Å². The normalized spacial score (nSPS) is 21.1. The molecule has 0 N–H and O–H groups in total. The zero-order valence-electron chi connectivity index (χ0n) is 20.1. The zero-order valence-corrected chi connectivity index (χ0v) is 20.1. The van der Waals surface area contributed by atoms with Crippen molar-refractivity contribution in [3.05, 3.63) is 77.9 Å². The molecule has 2 fully saturated rings. The van der Waals surface area contributed by atoms with Crippen LogP contribution >= 0.6 is 0 Å². The molecule has 0 unspecified atom stereocenters. The van der Waals surface area contributed by atoms with Gasteiger partial charge in [-0.2, -0.15) is 0 Å². The number of hydrogen-bond donors (Lipinski definition) is 0. The molecule has 2 atom stereocenters. The van der Waals surface area contributed by atoms with E-state index >= 15 is 0 Å². The number of ether oxygens (including phenoxy) is 1. The second-order valence-corrected chi connectivity index (χ2v) is 10.3. The van der Waals surface area contributed by atoms with Crippen molar-refractivity contribution in [2.45, 2.75) is 64.3 Å². The lowest BCUT2D eigenvalue weighted by atomic mass is 9.75. The van der Waals surface area contributed by atoms with Crippen molar-refractivity contribution in [3.63, 3.8) is 0 Å². The molecule has 0 aromatic heterocycles. The summed E-state index contributed by atoms with van der Waals surface area (Å²) in [5.41, 5.74) is 2.88. The second-order valence-electron chi connectivity index (χ2n) is 10.3. The largest absolute Gasteiger partial charge is 0.494 e. The molecule has 33 heavy (non-hydrogen) atoms.